The van der Waals surface area contributed by atoms with Crippen molar-refractivity contribution in [3.63, 3.8) is 0 Å². The first kappa shape index (κ1) is 12.9. The van der Waals surface area contributed by atoms with E-state index in [0.717, 1.165) is 16.8 Å². The molecule has 1 heterocycles. The van der Waals surface area contributed by atoms with E-state index < -0.39 is 10.0 Å². The Hall–Kier alpha value is -1.53. The molecule has 2 rings (SSSR count). The number of hydrogen-bond acceptors (Lipinski definition) is 4. The van der Waals surface area contributed by atoms with Crippen molar-refractivity contribution >= 4 is 21.4 Å². The van der Waals surface area contributed by atoms with Crippen molar-refractivity contribution in [1.29, 1.82) is 0 Å². The lowest BCUT2D eigenvalue weighted by atomic mass is 10.2. The summed E-state index contributed by atoms with van der Waals surface area (Å²) in [5.74, 6) is 0. The highest BCUT2D eigenvalue weighted by Gasteiger charge is 2.24. The highest BCUT2D eigenvalue weighted by Crippen LogP contribution is 2.19. The molecule has 0 radical (unpaired) electrons. The fourth-order valence-corrected chi connectivity index (χ4v) is 2.87. The second-order valence-corrected chi connectivity index (χ2v) is 6.07. The van der Waals surface area contributed by atoms with Crippen molar-refractivity contribution in [3.05, 3.63) is 36.3 Å². The third kappa shape index (κ3) is 2.65. The third-order valence-electron chi connectivity index (χ3n) is 3.07. The zero-order valence-corrected chi connectivity index (χ0v) is 10.9. The van der Waals surface area contributed by atoms with Crippen LogP contribution in [0.3, 0.4) is 0 Å². The van der Waals surface area contributed by atoms with Crippen LogP contribution in [0.2, 0.25) is 0 Å². The molecule has 0 saturated carbocycles. The van der Waals surface area contributed by atoms with Crippen molar-refractivity contribution in [1.82, 2.24) is 4.31 Å². The highest BCUT2D eigenvalue weighted by molar-refractivity contribution is 7.92. The van der Waals surface area contributed by atoms with Crippen LogP contribution in [0.4, 0.5) is 11.4 Å². The van der Waals surface area contributed by atoms with Gasteiger partial charge in [0.15, 0.2) is 0 Å². The average Bonchev–Trinajstić information content (AvgIpc) is 2.40. The zero-order chi connectivity index (χ0) is 13.2. The fraction of sp³-hybridized carbons (Fsp3) is 0.333. The van der Waals surface area contributed by atoms with Crippen molar-refractivity contribution in [3.8, 4) is 0 Å². The molecule has 5 nitrogen and oxygen atoms in total. The Labute approximate surface area is 108 Å². The van der Waals surface area contributed by atoms with Gasteiger partial charge in [0.05, 0.1) is 0 Å². The van der Waals surface area contributed by atoms with Crippen LogP contribution in [-0.2, 0) is 10.0 Å². The van der Waals surface area contributed by atoms with Crippen LogP contribution >= 0.6 is 0 Å². The molecule has 0 atom stereocenters. The predicted octanol–water partition coefficient (Wildman–Crippen LogP) is 0.864. The standard InChI is InChI=1S/C12H17N3O2S/c1-2-18(16,17)15-9-7-14(8-10-15)12-5-3-11(13)4-6-12/h2-6H,1,7-10,13H2. The molecule has 0 amide bonds. The summed E-state index contributed by atoms with van der Waals surface area (Å²) < 4.78 is 24.7. The van der Waals surface area contributed by atoms with Gasteiger partial charge in [-0.1, -0.05) is 6.58 Å². The Morgan fingerprint density at radius 3 is 2.17 bits per heavy atom. The number of sulfonamides is 1. The van der Waals surface area contributed by atoms with E-state index in [4.69, 9.17) is 5.73 Å². The van der Waals surface area contributed by atoms with E-state index in [0.29, 0.717) is 26.2 Å². The molecule has 0 aliphatic carbocycles. The highest BCUT2D eigenvalue weighted by atomic mass is 32.2. The summed E-state index contributed by atoms with van der Waals surface area (Å²) >= 11 is 0. The van der Waals surface area contributed by atoms with E-state index >= 15 is 0 Å². The fourth-order valence-electron chi connectivity index (χ4n) is 1.99. The van der Waals surface area contributed by atoms with E-state index in [2.05, 4.69) is 11.5 Å². The molecule has 6 heteroatoms. The second kappa shape index (κ2) is 4.99. The largest absolute Gasteiger partial charge is 0.399 e. The van der Waals surface area contributed by atoms with Gasteiger partial charge >= 0.3 is 0 Å². The van der Waals surface area contributed by atoms with Gasteiger partial charge < -0.3 is 10.6 Å². The molecule has 1 saturated heterocycles. The van der Waals surface area contributed by atoms with Crippen LogP contribution in [-0.4, -0.2) is 38.9 Å². The third-order valence-corrected chi connectivity index (χ3v) is 4.57. The summed E-state index contributed by atoms with van der Waals surface area (Å²) in [6, 6.07) is 7.60. The molecule has 0 unspecified atom stereocenters. The summed E-state index contributed by atoms with van der Waals surface area (Å²) in [4.78, 5) is 2.15. The summed E-state index contributed by atoms with van der Waals surface area (Å²) in [5.41, 5.74) is 7.43. The molecule has 1 aromatic rings. The van der Waals surface area contributed by atoms with Gasteiger partial charge in [-0.05, 0) is 24.3 Å². The maximum absolute atomic E-state index is 11.6. The molecule has 1 aliphatic heterocycles. The molecule has 0 aromatic heterocycles. The van der Waals surface area contributed by atoms with Gasteiger partial charge in [-0.15, -0.1) is 0 Å². The van der Waals surface area contributed by atoms with Crippen molar-refractivity contribution in [2.24, 2.45) is 0 Å². The first-order chi connectivity index (χ1) is 8.53. The number of anilines is 2. The Balaban J connectivity index is 2.03. The Bertz CT molecular complexity index is 517. The molecular weight excluding hydrogens is 250 g/mol. The molecule has 0 spiro atoms. The van der Waals surface area contributed by atoms with Gasteiger partial charge in [0.25, 0.3) is 0 Å². The SMILES string of the molecule is C=CS(=O)(=O)N1CCN(c2ccc(N)cc2)CC1. The van der Waals surface area contributed by atoms with Gasteiger partial charge in [0.1, 0.15) is 0 Å². The van der Waals surface area contributed by atoms with Gasteiger partial charge in [-0.25, -0.2) is 8.42 Å². The van der Waals surface area contributed by atoms with Crippen LogP contribution in [0, 0.1) is 0 Å². The van der Waals surface area contributed by atoms with Crippen LogP contribution in [0.5, 0.6) is 0 Å². The monoisotopic (exact) mass is 267 g/mol. The second-order valence-electron chi connectivity index (χ2n) is 4.19. The molecule has 0 bridgehead atoms. The first-order valence-corrected chi connectivity index (χ1v) is 7.26. The summed E-state index contributed by atoms with van der Waals surface area (Å²) in [7, 11) is -3.28. The lowest BCUT2D eigenvalue weighted by Gasteiger charge is -2.34. The molecule has 2 N–H and O–H groups in total. The number of nitrogen functional groups attached to an aromatic ring is 1. The number of hydrogen-bond donors (Lipinski definition) is 1. The predicted molar refractivity (Wildman–Crippen MR) is 73.8 cm³/mol. The minimum absolute atomic E-state index is 0.485. The lowest BCUT2D eigenvalue weighted by molar-refractivity contribution is 0.390. The van der Waals surface area contributed by atoms with Crippen LogP contribution < -0.4 is 10.6 Å². The summed E-state index contributed by atoms with van der Waals surface area (Å²) in [6.45, 7) is 5.66. The molecule has 98 valence electrons. The van der Waals surface area contributed by atoms with Gasteiger partial charge in [-0.3, -0.25) is 0 Å². The number of piperazine rings is 1. The quantitative estimate of drug-likeness (QED) is 0.825. The number of rotatable bonds is 3. The minimum atomic E-state index is -3.28. The van der Waals surface area contributed by atoms with Gasteiger partial charge in [0, 0.05) is 43.0 Å². The topological polar surface area (TPSA) is 66.6 Å². The van der Waals surface area contributed by atoms with E-state index in [9.17, 15) is 8.42 Å². The molecule has 1 fully saturated rings. The van der Waals surface area contributed by atoms with E-state index in [1.165, 1.54) is 4.31 Å². The smallest absolute Gasteiger partial charge is 0.235 e. The lowest BCUT2D eigenvalue weighted by Crippen LogP contribution is -2.48. The maximum Gasteiger partial charge on any atom is 0.235 e. The Morgan fingerprint density at radius 2 is 1.67 bits per heavy atom. The van der Waals surface area contributed by atoms with E-state index in [1.807, 2.05) is 24.3 Å². The zero-order valence-electron chi connectivity index (χ0n) is 10.1. The van der Waals surface area contributed by atoms with Crippen molar-refractivity contribution in [2.45, 2.75) is 0 Å². The van der Waals surface area contributed by atoms with Gasteiger partial charge in [0.2, 0.25) is 10.0 Å². The number of nitrogens with two attached hydrogens (primary N) is 1. The number of nitrogens with zero attached hydrogens (tertiary/aromatic N) is 2. The Kier molecular flexibility index (Phi) is 3.58. The normalized spacial score (nSPS) is 17.7. The van der Waals surface area contributed by atoms with Crippen molar-refractivity contribution in [2.75, 3.05) is 36.8 Å². The average molecular weight is 267 g/mol. The molecule has 1 aromatic carbocycles. The first-order valence-electron chi connectivity index (χ1n) is 5.76. The molecular formula is C12H17N3O2S. The van der Waals surface area contributed by atoms with E-state index in [1.54, 1.807) is 0 Å². The van der Waals surface area contributed by atoms with Crippen molar-refractivity contribution < 1.29 is 8.42 Å². The summed E-state index contributed by atoms with van der Waals surface area (Å²) in [5, 5.41) is 1.01. The minimum Gasteiger partial charge on any atom is -0.399 e. The van der Waals surface area contributed by atoms with Gasteiger partial charge in [-0.2, -0.15) is 4.31 Å². The number of benzene rings is 1. The molecule has 18 heavy (non-hydrogen) atoms. The Morgan fingerprint density at radius 1 is 1.11 bits per heavy atom. The molecule has 1 aliphatic rings. The van der Waals surface area contributed by atoms with E-state index in [-0.39, 0.29) is 0 Å². The van der Waals surface area contributed by atoms with Crippen LogP contribution in [0.15, 0.2) is 36.3 Å². The maximum atomic E-state index is 11.6. The summed E-state index contributed by atoms with van der Waals surface area (Å²) in [6.07, 6.45) is 0. The van der Waals surface area contributed by atoms with Crippen LogP contribution in [0.25, 0.3) is 0 Å². The van der Waals surface area contributed by atoms with Crippen LogP contribution in [0.1, 0.15) is 0 Å².